The van der Waals surface area contributed by atoms with Crippen molar-refractivity contribution >= 4 is 11.6 Å². The van der Waals surface area contributed by atoms with Crippen molar-refractivity contribution < 1.29 is 0 Å². The van der Waals surface area contributed by atoms with Crippen molar-refractivity contribution in [2.75, 3.05) is 24.2 Å². The molecule has 1 fully saturated rings. The van der Waals surface area contributed by atoms with E-state index in [1.165, 1.54) is 12.8 Å². The number of hydrogen-bond donors (Lipinski definition) is 1. The Morgan fingerprint density at radius 2 is 2.21 bits per heavy atom. The summed E-state index contributed by atoms with van der Waals surface area (Å²) in [6.07, 6.45) is 2.70. The third kappa shape index (κ3) is 2.13. The third-order valence-electron chi connectivity index (χ3n) is 2.46. The summed E-state index contributed by atoms with van der Waals surface area (Å²) in [7, 11) is 2.06. The van der Waals surface area contributed by atoms with Gasteiger partial charge in [0.1, 0.15) is 17.5 Å². The fraction of sp³-hybridized carbons (Fsp3) is 0.600. The van der Waals surface area contributed by atoms with E-state index in [9.17, 15) is 0 Å². The van der Waals surface area contributed by atoms with Crippen LogP contribution in [-0.4, -0.2) is 23.6 Å². The molecule has 2 N–H and O–H groups in total. The van der Waals surface area contributed by atoms with Gasteiger partial charge >= 0.3 is 0 Å². The first-order valence-corrected chi connectivity index (χ1v) is 4.97. The van der Waals surface area contributed by atoms with E-state index in [1.807, 2.05) is 13.0 Å². The number of rotatable bonds is 3. The second kappa shape index (κ2) is 3.44. The Morgan fingerprint density at radius 1 is 1.50 bits per heavy atom. The topological polar surface area (TPSA) is 55.0 Å². The molecule has 1 saturated carbocycles. The van der Waals surface area contributed by atoms with Crippen LogP contribution < -0.4 is 10.6 Å². The number of nitrogens with two attached hydrogens (primary N) is 1. The first-order chi connectivity index (χ1) is 6.65. The summed E-state index contributed by atoms with van der Waals surface area (Å²) in [5.74, 6) is 3.08. The van der Waals surface area contributed by atoms with Crippen LogP contribution in [0.1, 0.15) is 18.7 Å². The Balaban J connectivity index is 2.12. The SMILES string of the molecule is Cc1nc(N)cc(N(C)CC2CC2)n1. The van der Waals surface area contributed by atoms with Gasteiger partial charge in [0.2, 0.25) is 0 Å². The number of aryl methyl sites for hydroxylation is 1. The number of anilines is 2. The molecule has 1 aliphatic carbocycles. The minimum atomic E-state index is 0.551. The molecule has 1 aliphatic rings. The molecule has 0 aliphatic heterocycles. The summed E-state index contributed by atoms with van der Waals surface area (Å²) in [6, 6.07) is 1.83. The summed E-state index contributed by atoms with van der Waals surface area (Å²) in [5.41, 5.74) is 5.67. The van der Waals surface area contributed by atoms with Gasteiger partial charge in [0.15, 0.2) is 0 Å². The Morgan fingerprint density at radius 3 is 2.79 bits per heavy atom. The highest BCUT2D eigenvalue weighted by Crippen LogP contribution is 2.30. The summed E-state index contributed by atoms with van der Waals surface area (Å²) < 4.78 is 0. The van der Waals surface area contributed by atoms with E-state index >= 15 is 0 Å². The molecular weight excluding hydrogens is 176 g/mol. The van der Waals surface area contributed by atoms with Crippen LogP contribution in [0, 0.1) is 12.8 Å². The lowest BCUT2D eigenvalue weighted by Gasteiger charge is -2.18. The van der Waals surface area contributed by atoms with Gasteiger partial charge in [-0.15, -0.1) is 0 Å². The standard InChI is InChI=1S/C10H16N4/c1-7-12-9(11)5-10(13-7)14(2)6-8-3-4-8/h5,8H,3-4,6H2,1-2H3,(H2,11,12,13). The summed E-state index contributed by atoms with van der Waals surface area (Å²) in [4.78, 5) is 10.6. The molecule has 1 aromatic rings. The quantitative estimate of drug-likeness (QED) is 0.782. The fourth-order valence-corrected chi connectivity index (χ4v) is 1.55. The molecule has 4 heteroatoms. The number of aromatic nitrogens is 2. The molecule has 0 unspecified atom stereocenters. The molecule has 76 valence electrons. The van der Waals surface area contributed by atoms with E-state index in [2.05, 4.69) is 21.9 Å². The zero-order chi connectivity index (χ0) is 10.1. The molecule has 0 atom stereocenters. The molecule has 0 radical (unpaired) electrons. The van der Waals surface area contributed by atoms with Crippen molar-refractivity contribution in [3.63, 3.8) is 0 Å². The lowest BCUT2D eigenvalue weighted by molar-refractivity contribution is 0.773. The van der Waals surface area contributed by atoms with Crippen LogP contribution in [0.25, 0.3) is 0 Å². The monoisotopic (exact) mass is 192 g/mol. The van der Waals surface area contributed by atoms with Crippen LogP contribution >= 0.6 is 0 Å². The van der Waals surface area contributed by atoms with Gasteiger partial charge in [0.05, 0.1) is 0 Å². The third-order valence-corrected chi connectivity index (χ3v) is 2.46. The van der Waals surface area contributed by atoms with Crippen LogP contribution in [0.3, 0.4) is 0 Å². The van der Waals surface area contributed by atoms with Crippen molar-refractivity contribution in [2.45, 2.75) is 19.8 Å². The van der Waals surface area contributed by atoms with Gasteiger partial charge in [0, 0.05) is 19.7 Å². The van der Waals surface area contributed by atoms with E-state index in [0.717, 1.165) is 24.1 Å². The average Bonchev–Trinajstić information content (AvgIpc) is 2.86. The normalized spacial score (nSPS) is 15.6. The van der Waals surface area contributed by atoms with Gasteiger partial charge in [-0.1, -0.05) is 0 Å². The second-order valence-corrected chi connectivity index (χ2v) is 4.02. The molecule has 4 nitrogen and oxygen atoms in total. The van der Waals surface area contributed by atoms with E-state index in [4.69, 9.17) is 5.73 Å². The highest BCUT2D eigenvalue weighted by atomic mass is 15.2. The largest absolute Gasteiger partial charge is 0.384 e. The summed E-state index contributed by atoms with van der Waals surface area (Å²) >= 11 is 0. The van der Waals surface area contributed by atoms with Gasteiger partial charge in [-0.2, -0.15) is 0 Å². The molecule has 14 heavy (non-hydrogen) atoms. The maximum Gasteiger partial charge on any atom is 0.134 e. The zero-order valence-corrected chi connectivity index (χ0v) is 8.70. The smallest absolute Gasteiger partial charge is 0.134 e. The van der Waals surface area contributed by atoms with Crippen LogP contribution in [-0.2, 0) is 0 Å². The van der Waals surface area contributed by atoms with Crippen LogP contribution in [0.4, 0.5) is 11.6 Å². The Labute approximate surface area is 84.2 Å². The Bertz CT molecular complexity index is 313. The lowest BCUT2D eigenvalue weighted by atomic mass is 10.3. The molecule has 0 saturated heterocycles. The van der Waals surface area contributed by atoms with Gasteiger partial charge in [-0.3, -0.25) is 0 Å². The van der Waals surface area contributed by atoms with E-state index in [1.54, 1.807) is 0 Å². The number of hydrogen-bond acceptors (Lipinski definition) is 4. The average molecular weight is 192 g/mol. The van der Waals surface area contributed by atoms with E-state index in [0.29, 0.717) is 5.82 Å². The molecule has 1 heterocycles. The first-order valence-electron chi connectivity index (χ1n) is 4.97. The number of nitrogen functional groups attached to an aromatic ring is 1. The first kappa shape index (κ1) is 9.24. The Kier molecular flexibility index (Phi) is 2.27. The van der Waals surface area contributed by atoms with Crippen LogP contribution in [0.5, 0.6) is 0 Å². The fourth-order valence-electron chi connectivity index (χ4n) is 1.55. The molecule has 2 rings (SSSR count). The molecule has 0 spiro atoms. The maximum absolute atomic E-state index is 5.67. The van der Waals surface area contributed by atoms with Crippen LogP contribution in [0.2, 0.25) is 0 Å². The minimum Gasteiger partial charge on any atom is -0.384 e. The number of nitrogens with zero attached hydrogens (tertiary/aromatic N) is 3. The van der Waals surface area contributed by atoms with Crippen molar-refractivity contribution in [3.8, 4) is 0 Å². The van der Waals surface area contributed by atoms with Crippen molar-refractivity contribution in [1.82, 2.24) is 9.97 Å². The highest BCUT2D eigenvalue weighted by molar-refractivity contribution is 5.46. The van der Waals surface area contributed by atoms with Gasteiger partial charge < -0.3 is 10.6 Å². The van der Waals surface area contributed by atoms with Crippen LogP contribution in [0.15, 0.2) is 6.07 Å². The summed E-state index contributed by atoms with van der Waals surface area (Å²) in [6.45, 7) is 2.95. The lowest BCUT2D eigenvalue weighted by Crippen LogP contribution is -2.21. The van der Waals surface area contributed by atoms with E-state index in [-0.39, 0.29) is 0 Å². The predicted molar refractivity (Wildman–Crippen MR) is 57.2 cm³/mol. The van der Waals surface area contributed by atoms with Crippen molar-refractivity contribution in [3.05, 3.63) is 11.9 Å². The second-order valence-electron chi connectivity index (χ2n) is 4.02. The molecule has 1 aromatic heterocycles. The maximum atomic E-state index is 5.67. The predicted octanol–water partition coefficient (Wildman–Crippen LogP) is 1.21. The zero-order valence-electron chi connectivity index (χ0n) is 8.70. The van der Waals surface area contributed by atoms with Gasteiger partial charge in [-0.05, 0) is 25.7 Å². The van der Waals surface area contributed by atoms with Crippen molar-refractivity contribution in [1.29, 1.82) is 0 Å². The Hall–Kier alpha value is -1.32. The van der Waals surface area contributed by atoms with Gasteiger partial charge in [0.25, 0.3) is 0 Å². The van der Waals surface area contributed by atoms with E-state index < -0.39 is 0 Å². The highest BCUT2D eigenvalue weighted by Gasteiger charge is 2.23. The summed E-state index contributed by atoms with van der Waals surface area (Å²) in [5, 5.41) is 0. The van der Waals surface area contributed by atoms with Crippen molar-refractivity contribution in [2.24, 2.45) is 5.92 Å². The molecule has 0 amide bonds. The molecular formula is C10H16N4. The molecule has 0 bridgehead atoms. The minimum absolute atomic E-state index is 0.551. The molecule has 0 aromatic carbocycles. The van der Waals surface area contributed by atoms with Gasteiger partial charge in [-0.25, -0.2) is 9.97 Å².